The molecule has 0 saturated heterocycles. The van der Waals surface area contributed by atoms with Crippen LogP contribution in [0.4, 0.5) is 0 Å². The van der Waals surface area contributed by atoms with E-state index in [1.165, 1.54) is 56.1 Å². The summed E-state index contributed by atoms with van der Waals surface area (Å²) in [5, 5.41) is 1.16. The zero-order valence-corrected chi connectivity index (χ0v) is 17.0. The van der Waals surface area contributed by atoms with E-state index in [0.29, 0.717) is 0 Å². The molecular formula is C24H36O2. The van der Waals surface area contributed by atoms with Crippen LogP contribution < -0.4 is 5.63 Å². The van der Waals surface area contributed by atoms with Gasteiger partial charge in [0.1, 0.15) is 5.58 Å². The van der Waals surface area contributed by atoms with Gasteiger partial charge in [-0.15, -0.1) is 0 Å². The van der Waals surface area contributed by atoms with Crippen LogP contribution in [0.3, 0.4) is 0 Å². The van der Waals surface area contributed by atoms with Crippen LogP contribution in [0, 0.1) is 0 Å². The average molecular weight is 357 g/mol. The van der Waals surface area contributed by atoms with Crippen LogP contribution in [0.5, 0.6) is 0 Å². The lowest BCUT2D eigenvalue weighted by molar-refractivity contribution is 0.544. The molecule has 2 aromatic rings. The second-order valence-corrected chi connectivity index (χ2v) is 7.60. The first-order valence-electron chi connectivity index (χ1n) is 10.8. The number of rotatable bonds is 12. The summed E-state index contributed by atoms with van der Waals surface area (Å²) in [5.74, 6) is 0. The minimum Gasteiger partial charge on any atom is -0.423 e. The molecular weight excluding hydrogens is 320 g/mol. The Balaban J connectivity index is 2.34. The molecule has 2 rings (SSSR count). The molecule has 0 radical (unpaired) electrons. The summed E-state index contributed by atoms with van der Waals surface area (Å²) in [5.41, 5.74) is 4.18. The number of hydrogen-bond acceptors (Lipinski definition) is 2. The SMILES string of the molecule is CCCCCc1cc(CCCCC)c2cc(CCCCC)c(=O)oc2c1. The Hall–Kier alpha value is -1.57. The molecule has 0 amide bonds. The average Bonchev–Trinajstić information content (AvgIpc) is 2.63. The Morgan fingerprint density at radius 2 is 1.27 bits per heavy atom. The summed E-state index contributed by atoms with van der Waals surface area (Å²) in [6, 6.07) is 6.59. The van der Waals surface area contributed by atoms with Gasteiger partial charge in [-0.3, -0.25) is 0 Å². The van der Waals surface area contributed by atoms with Gasteiger partial charge in [0, 0.05) is 10.9 Å². The summed E-state index contributed by atoms with van der Waals surface area (Å²) >= 11 is 0. The lowest BCUT2D eigenvalue weighted by Gasteiger charge is -2.11. The molecule has 1 aromatic heterocycles. The lowest BCUT2D eigenvalue weighted by atomic mass is 9.96. The van der Waals surface area contributed by atoms with E-state index in [4.69, 9.17) is 4.42 Å². The topological polar surface area (TPSA) is 30.2 Å². The van der Waals surface area contributed by atoms with Crippen molar-refractivity contribution in [2.24, 2.45) is 0 Å². The number of aryl methyl sites for hydroxylation is 3. The predicted molar refractivity (Wildman–Crippen MR) is 112 cm³/mol. The fourth-order valence-electron chi connectivity index (χ4n) is 3.63. The van der Waals surface area contributed by atoms with Crippen LogP contribution in [0.15, 0.2) is 27.4 Å². The molecule has 2 nitrogen and oxygen atoms in total. The van der Waals surface area contributed by atoms with Gasteiger partial charge in [0.25, 0.3) is 0 Å². The maximum atomic E-state index is 12.4. The van der Waals surface area contributed by atoms with Crippen LogP contribution in [-0.2, 0) is 19.3 Å². The van der Waals surface area contributed by atoms with Crippen molar-refractivity contribution in [3.63, 3.8) is 0 Å². The third-order valence-electron chi connectivity index (χ3n) is 5.24. The molecule has 26 heavy (non-hydrogen) atoms. The third-order valence-corrected chi connectivity index (χ3v) is 5.24. The van der Waals surface area contributed by atoms with Gasteiger partial charge in [-0.2, -0.15) is 0 Å². The van der Waals surface area contributed by atoms with E-state index >= 15 is 0 Å². The van der Waals surface area contributed by atoms with Crippen LogP contribution >= 0.6 is 0 Å². The molecule has 144 valence electrons. The van der Waals surface area contributed by atoms with E-state index in [1.807, 2.05) is 0 Å². The number of unbranched alkanes of at least 4 members (excludes halogenated alkanes) is 6. The second kappa shape index (κ2) is 11.2. The quantitative estimate of drug-likeness (QED) is 0.303. The molecule has 2 heteroatoms. The van der Waals surface area contributed by atoms with Gasteiger partial charge in [-0.05, 0) is 61.8 Å². The van der Waals surface area contributed by atoms with Crippen LogP contribution in [-0.4, -0.2) is 0 Å². The molecule has 1 aromatic carbocycles. The number of fused-ring (bicyclic) bond motifs is 1. The van der Waals surface area contributed by atoms with Gasteiger partial charge in [-0.25, -0.2) is 4.79 Å². The molecule has 0 aliphatic heterocycles. The van der Waals surface area contributed by atoms with Crippen LogP contribution in [0.2, 0.25) is 0 Å². The standard InChI is InChI=1S/C24H36O2/c1-4-7-10-13-19-16-20(14-11-8-5-2)22-18-21(15-12-9-6-3)24(25)26-23(22)17-19/h16-18H,4-15H2,1-3H3. The Morgan fingerprint density at radius 1 is 0.692 bits per heavy atom. The van der Waals surface area contributed by atoms with Crippen molar-refractivity contribution < 1.29 is 4.42 Å². The minimum absolute atomic E-state index is 0.140. The zero-order valence-electron chi connectivity index (χ0n) is 17.0. The highest BCUT2D eigenvalue weighted by Crippen LogP contribution is 2.25. The Labute approximate surface area is 159 Å². The van der Waals surface area contributed by atoms with Crippen molar-refractivity contribution >= 4 is 11.0 Å². The van der Waals surface area contributed by atoms with Gasteiger partial charge < -0.3 is 4.42 Å². The summed E-state index contributed by atoms with van der Waals surface area (Å²) < 4.78 is 5.76. The summed E-state index contributed by atoms with van der Waals surface area (Å²) in [6.45, 7) is 6.66. The molecule has 0 aliphatic carbocycles. The highest BCUT2D eigenvalue weighted by molar-refractivity contribution is 5.81. The number of hydrogen-bond donors (Lipinski definition) is 0. The largest absolute Gasteiger partial charge is 0.423 e. The molecule has 0 bridgehead atoms. The normalized spacial score (nSPS) is 11.3. The van der Waals surface area contributed by atoms with Crippen molar-refractivity contribution in [3.05, 3.63) is 45.3 Å². The van der Waals surface area contributed by atoms with E-state index < -0.39 is 0 Å². The molecule has 0 aliphatic rings. The van der Waals surface area contributed by atoms with E-state index in [2.05, 4.69) is 39.0 Å². The van der Waals surface area contributed by atoms with E-state index in [1.54, 1.807) is 0 Å². The molecule has 0 N–H and O–H groups in total. The molecule has 1 heterocycles. The van der Waals surface area contributed by atoms with Gasteiger partial charge >= 0.3 is 5.63 Å². The van der Waals surface area contributed by atoms with Gasteiger partial charge in [-0.1, -0.05) is 65.4 Å². The summed E-state index contributed by atoms with van der Waals surface area (Å²) in [7, 11) is 0. The van der Waals surface area contributed by atoms with Crippen LogP contribution in [0.25, 0.3) is 11.0 Å². The fourth-order valence-corrected chi connectivity index (χ4v) is 3.63. The molecule has 0 unspecified atom stereocenters. The summed E-state index contributed by atoms with van der Waals surface area (Å²) in [6.07, 6.45) is 13.7. The van der Waals surface area contributed by atoms with Gasteiger partial charge in [0.15, 0.2) is 0 Å². The second-order valence-electron chi connectivity index (χ2n) is 7.60. The Kier molecular flexibility index (Phi) is 8.94. The zero-order chi connectivity index (χ0) is 18.8. The Bertz CT molecular complexity index is 727. The predicted octanol–water partition coefficient (Wildman–Crippen LogP) is 6.99. The molecule has 0 atom stereocenters. The van der Waals surface area contributed by atoms with Gasteiger partial charge in [0.2, 0.25) is 0 Å². The van der Waals surface area contributed by atoms with Crippen molar-refractivity contribution in [2.45, 2.75) is 97.8 Å². The molecule has 0 spiro atoms. The summed E-state index contributed by atoms with van der Waals surface area (Å²) in [4.78, 5) is 12.4. The molecule has 0 fully saturated rings. The van der Waals surface area contributed by atoms with E-state index in [9.17, 15) is 4.79 Å². The highest BCUT2D eigenvalue weighted by atomic mass is 16.4. The van der Waals surface area contributed by atoms with Crippen molar-refractivity contribution in [2.75, 3.05) is 0 Å². The maximum Gasteiger partial charge on any atom is 0.339 e. The minimum atomic E-state index is -0.140. The van der Waals surface area contributed by atoms with Gasteiger partial charge in [0.05, 0.1) is 0 Å². The van der Waals surface area contributed by atoms with Crippen LogP contribution in [0.1, 0.15) is 95.2 Å². The smallest absolute Gasteiger partial charge is 0.339 e. The highest BCUT2D eigenvalue weighted by Gasteiger charge is 2.11. The first kappa shape index (κ1) is 20.7. The first-order valence-corrected chi connectivity index (χ1v) is 10.8. The van der Waals surface area contributed by atoms with E-state index in [-0.39, 0.29) is 5.63 Å². The fraction of sp³-hybridized carbons (Fsp3) is 0.625. The van der Waals surface area contributed by atoms with Crippen molar-refractivity contribution in [1.82, 2.24) is 0 Å². The van der Waals surface area contributed by atoms with Crippen molar-refractivity contribution in [3.8, 4) is 0 Å². The van der Waals surface area contributed by atoms with E-state index in [0.717, 1.165) is 48.6 Å². The Morgan fingerprint density at radius 3 is 1.88 bits per heavy atom. The third kappa shape index (κ3) is 6.00. The van der Waals surface area contributed by atoms with Crippen molar-refractivity contribution in [1.29, 1.82) is 0 Å². The maximum absolute atomic E-state index is 12.4. The number of benzene rings is 1. The first-order chi connectivity index (χ1) is 12.7. The lowest BCUT2D eigenvalue weighted by Crippen LogP contribution is -2.08. The monoisotopic (exact) mass is 356 g/mol. The molecule has 0 saturated carbocycles.